The second kappa shape index (κ2) is 10.0. The number of carboxylic acids is 1. The number of hydrogen-bond acceptors (Lipinski definition) is 7. The molecular formula is C23H30N4O5. The van der Waals surface area contributed by atoms with Crippen molar-refractivity contribution in [3.8, 4) is 5.75 Å². The molecule has 0 radical (unpaired) electrons. The number of ether oxygens (including phenoxy) is 1. The van der Waals surface area contributed by atoms with Crippen LogP contribution in [0.15, 0.2) is 34.9 Å². The minimum Gasteiger partial charge on any atom is -0.541 e. The van der Waals surface area contributed by atoms with Crippen molar-refractivity contribution >= 4 is 17.6 Å². The number of amides is 1. The lowest BCUT2D eigenvalue weighted by molar-refractivity contribution is -0.672. The predicted molar refractivity (Wildman–Crippen MR) is 114 cm³/mol. The molecule has 2 fully saturated rings. The second-order valence-corrected chi connectivity index (χ2v) is 8.54. The van der Waals surface area contributed by atoms with Crippen LogP contribution in [0.2, 0.25) is 0 Å². The molecule has 1 aromatic carbocycles. The number of carboxylic acid groups (broad SMARTS) is 1. The lowest BCUT2D eigenvalue weighted by atomic mass is 9.81. The molecule has 9 heteroatoms. The van der Waals surface area contributed by atoms with Gasteiger partial charge >= 0.3 is 0 Å². The molecule has 9 nitrogen and oxygen atoms in total. The maximum absolute atomic E-state index is 13.1. The van der Waals surface area contributed by atoms with Crippen molar-refractivity contribution in [3.05, 3.63) is 41.8 Å². The van der Waals surface area contributed by atoms with E-state index in [0.717, 1.165) is 44.0 Å². The summed E-state index contributed by atoms with van der Waals surface area (Å²) in [6.07, 6.45) is 2.08. The van der Waals surface area contributed by atoms with Crippen LogP contribution in [0.3, 0.4) is 0 Å². The van der Waals surface area contributed by atoms with Crippen molar-refractivity contribution in [2.24, 2.45) is 11.8 Å². The Kier molecular flexibility index (Phi) is 6.94. The minimum absolute atomic E-state index is 0.192. The molecule has 2 aromatic rings. The summed E-state index contributed by atoms with van der Waals surface area (Å²) in [5, 5.41) is 17.0. The van der Waals surface area contributed by atoms with Gasteiger partial charge < -0.3 is 34.3 Å². The minimum atomic E-state index is -1.36. The number of rotatable bonds is 7. The predicted octanol–water partition coefficient (Wildman–Crippen LogP) is -0.472. The molecule has 0 saturated carbocycles. The van der Waals surface area contributed by atoms with Gasteiger partial charge in [0.05, 0.1) is 31.6 Å². The number of anilines is 1. The molecule has 1 amide bonds. The lowest BCUT2D eigenvalue weighted by Gasteiger charge is -2.38. The van der Waals surface area contributed by atoms with Gasteiger partial charge in [-0.05, 0) is 18.1 Å². The smallest absolute Gasteiger partial charge is 0.222 e. The number of para-hydroxylation sites is 2. The van der Waals surface area contributed by atoms with E-state index >= 15 is 0 Å². The molecule has 0 bridgehead atoms. The molecular weight excluding hydrogens is 412 g/mol. The van der Waals surface area contributed by atoms with Crippen LogP contribution in [-0.4, -0.2) is 68.3 Å². The summed E-state index contributed by atoms with van der Waals surface area (Å²) in [7, 11) is 1.68. The van der Waals surface area contributed by atoms with E-state index in [-0.39, 0.29) is 23.5 Å². The van der Waals surface area contributed by atoms with Gasteiger partial charge in [-0.1, -0.05) is 17.3 Å². The zero-order chi connectivity index (χ0) is 22.5. The van der Waals surface area contributed by atoms with Crippen LogP contribution in [0.25, 0.3) is 0 Å². The van der Waals surface area contributed by atoms with E-state index in [1.54, 1.807) is 7.11 Å². The largest absolute Gasteiger partial charge is 0.541 e. The van der Waals surface area contributed by atoms with Crippen LogP contribution in [0.4, 0.5) is 5.69 Å². The van der Waals surface area contributed by atoms with E-state index in [4.69, 9.17) is 9.26 Å². The molecule has 2 atom stereocenters. The van der Waals surface area contributed by atoms with Crippen LogP contribution in [0.5, 0.6) is 5.75 Å². The number of aromatic carboxylic acids is 1. The molecule has 0 unspecified atom stereocenters. The van der Waals surface area contributed by atoms with Gasteiger partial charge in [-0.3, -0.25) is 4.79 Å². The first-order valence-electron chi connectivity index (χ1n) is 11.2. The molecule has 4 rings (SSSR count). The average Bonchev–Trinajstić information content (AvgIpc) is 3.29. The third-order valence-corrected chi connectivity index (χ3v) is 6.60. The van der Waals surface area contributed by atoms with Gasteiger partial charge in [0.1, 0.15) is 11.7 Å². The molecule has 32 heavy (non-hydrogen) atoms. The Hall–Kier alpha value is -3.07. The van der Waals surface area contributed by atoms with Crippen LogP contribution in [0.1, 0.15) is 29.1 Å². The highest BCUT2D eigenvalue weighted by molar-refractivity contribution is 5.82. The first kappa shape index (κ1) is 22.1. The Bertz CT molecular complexity index is 938. The zero-order valence-electron chi connectivity index (χ0n) is 18.4. The van der Waals surface area contributed by atoms with E-state index in [9.17, 15) is 14.7 Å². The summed E-state index contributed by atoms with van der Waals surface area (Å²) in [5.41, 5.74) is 1.67. The number of piperazine rings is 1. The summed E-state index contributed by atoms with van der Waals surface area (Å²) >= 11 is 0. The fourth-order valence-corrected chi connectivity index (χ4v) is 4.82. The first-order chi connectivity index (χ1) is 15.5. The van der Waals surface area contributed by atoms with Gasteiger partial charge in [0, 0.05) is 57.4 Å². The monoisotopic (exact) mass is 442 g/mol. The Morgan fingerprint density at radius 1 is 1.22 bits per heavy atom. The van der Waals surface area contributed by atoms with Crippen LogP contribution >= 0.6 is 0 Å². The van der Waals surface area contributed by atoms with Gasteiger partial charge in [0.2, 0.25) is 5.91 Å². The fourth-order valence-electron chi connectivity index (χ4n) is 4.82. The molecule has 3 heterocycles. The number of carbonyl (C=O) groups excluding carboxylic acids is 2. The number of nitrogens with zero attached hydrogens (tertiary/aromatic N) is 3. The maximum atomic E-state index is 13.1. The van der Waals surface area contributed by atoms with Crippen molar-refractivity contribution in [3.63, 3.8) is 0 Å². The molecule has 0 spiro atoms. The van der Waals surface area contributed by atoms with E-state index in [2.05, 4.69) is 21.4 Å². The van der Waals surface area contributed by atoms with Crippen molar-refractivity contribution < 1.29 is 29.3 Å². The van der Waals surface area contributed by atoms with Gasteiger partial charge in [-0.2, -0.15) is 0 Å². The summed E-state index contributed by atoms with van der Waals surface area (Å²) in [6.45, 7) is 4.83. The Balaban J connectivity index is 1.32. The molecule has 172 valence electrons. The zero-order valence-corrected chi connectivity index (χ0v) is 18.4. The number of quaternary nitrogens is 1. The van der Waals surface area contributed by atoms with Crippen molar-refractivity contribution in [2.45, 2.75) is 19.3 Å². The summed E-state index contributed by atoms with van der Waals surface area (Å²) in [4.78, 5) is 28.2. The van der Waals surface area contributed by atoms with Crippen LogP contribution in [-0.2, 0) is 11.2 Å². The van der Waals surface area contributed by atoms with Crippen molar-refractivity contribution in [2.75, 3.05) is 51.3 Å². The highest BCUT2D eigenvalue weighted by Gasteiger charge is 2.32. The highest BCUT2D eigenvalue weighted by atomic mass is 16.5. The summed E-state index contributed by atoms with van der Waals surface area (Å²) in [5.74, 6) is -0.0659. The van der Waals surface area contributed by atoms with Gasteiger partial charge in [0.25, 0.3) is 0 Å². The Morgan fingerprint density at radius 2 is 2.00 bits per heavy atom. The number of piperidine rings is 1. The van der Waals surface area contributed by atoms with E-state index in [1.165, 1.54) is 6.07 Å². The number of benzene rings is 1. The molecule has 0 aliphatic carbocycles. The Labute approximate surface area is 187 Å². The Morgan fingerprint density at radius 3 is 2.72 bits per heavy atom. The van der Waals surface area contributed by atoms with Crippen molar-refractivity contribution in [1.82, 2.24) is 10.1 Å². The normalized spacial score (nSPS) is 21.4. The third-order valence-electron chi connectivity index (χ3n) is 6.60. The van der Waals surface area contributed by atoms with E-state index < -0.39 is 5.97 Å². The fraction of sp³-hybridized carbons (Fsp3) is 0.522. The second-order valence-electron chi connectivity index (χ2n) is 8.54. The number of nitrogens with two attached hydrogens (primary N) is 1. The first-order valence-corrected chi connectivity index (χ1v) is 11.2. The van der Waals surface area contributed by atoms with E-state index in [0.29, 0.717) is 31.6 Å². The maximum Gasteiger partial charge on any atom is 0.222 e. The quantitative estimate of drug-likeness (QED) is 0.616. The van der Waals surface area contributed by atoms with Gasteiger partial charge in [-0.25, -0.2) is 0 Å². The topological polar surface area (TPSA) is 116 Å². The van der Waals surface area contributed by atoms with E-state index in [1.807, 2.05) is 23.1 Å². The number of methoxy groups -OCH3 is 1. The number of aromatic nitrogens is 1. The van der Waals surface area contributed by atoms with Crippen LogP contribution in [0, 0.1) is 11.8 Å². The number of hydrogen-bond donors (Lipinski definition) is 1. The number of carbonyl (C=O) groups is 2. The summed E-state index contributed by atoms with van der Waals surface area (Å²) in [6, 6.07) is 9.39. The molecule has 2 saturated heterocycles. The molecule has 1 aromatic heterocycles. The molecule has 2 N–H and O–H groups in total. The van der Waals surface area contributed by atoms with Gasteiger partial charge in [0.15, 0.2) is 5.76 Å². The average molecular weight is 443 g/mol. The van der Waals surface area contributed by atoms with Crippen molar-refractivity contribution in [1.29, 1.82) is 0 Å². The third kappa shape index (κ3) is 5.04. The van der Waals surface area contributed by atoms with Gasteiger partial charge in [-0.15, -0.1) is 0 Å². The molecule has 2 aliphatic rings. The standard InChI is InChI=1S/C23H30N4O5/c1-31-20-5-3-2-4-19(20)26-8-10-27(11-9-26)22(28)13-16-6-7-24-15-17(16)12-18-14-21(23(29)30)32-25-18/h2-5,14,16-17,24H,6-13,15H2,1H3,(H,29,30)/t16-,17-/m0/s1. The molecule has 2 aliphatic heterocycles. The summed E-state index contributed by atoms with van der Waals surface area (Å²) < 4.78 is 10.3. The van der Waals surface area contributed by atoms with Crippen LogP contribution < -0.4 is 20.1 Å². The lowest BCUT2D eigenvalue weighted by Crippen LogP contribution is -2.88. The highest BCUT2D eigenvalue weighted by Crippen LogP contribution is 2.29. The SMILES string of the molecule is COc1ccccc1N1CCN(C(=O)C[C@@H]2CC[NH2+]C[C@@H]2Cc2cc(C(=O)[O-])on2)CC1.